The first kappa shape index (κ1) is 16.8. The van der Waals surface area contributed by atoms with Gasteiger partial charge in [0, 0.05) is 24.8 Å². The highest BCUT2D eigenvalue weighted by Gasteiger charge is 2.14. The molecule has 0 aromatic heterocycles. The van der Waals surface area contributed by atoms with E-state index >= 15 is 0 Å². The van der Waals surface area contributed by atoms with Crippen molar-refractivity contribution in [3.05, 3.63) is 0 Å². The Morgan fingerprint density at radius 2 is 2.06 bits per heavy atom. The Labute approximate surface area is 110 Å². The molecule has 0 spiro atoms. The van der Waals surface area contributed by atoms with E-state index in [0.29, 0.717) is 0 Å². The van der Waals surface area contributed by atoms with Gasteiger partial charge in [0.1, 0.15) is 0 Å². The summed E-state index contributed by atoms with van der Waals surface area (Å²) in [4.78, 5) is 11.8. The molecule has 0 aliphatic carbocycles. The Kier molecular flexibility index (Phi) is 12.1. The van der Waals surface area contributed by atoms with E-state index in [-0.39, 0.29) is 18.4 Å². The molecule has 4 heteroatoms. The molecular formula is C13H27NO2S. The van der Waals surface area contributed by atoms with Crippen LogP contribution in [0.25, 0.3) is 0 Å². The Morgan fingerprint density at radius 3 is 2.65 bits per heavy atom. The molecule has 1 amide bonds. The molecule has 1 unspecified atom stereocenters. The lowest BCUT2D eigenvalue weighted by atomic mass is 9.98. The fourth-order valence-corrected chi connectivity index (χ4v) is 2.41. The Morgan fingerprint density at radius 1 is 1.29 bits per heavy atom. The lowest BCUT2D eigenvalue weighted by Gasteiger charge is -2.14. The van der Waals surface area contributed by atoms with Crippen LogP contribution in [0.5, 0.6) is 0 Å². The van der Waals surface area contributed by atoms with Crippen LogP contribution in [0.4, 0.5) is 0 Å². The van der Waals surface area contributed by atoms with Gasteiger partial charge in [-0.25, -0.2) is 0 Å². The summed E-state index contributed by atoms with van der Waals surface area (Å²) in [5.74, 6) is 2.32. The van der Waals surface area contributed by atoms with Crippen LogP contribution in [0.15, 0.2) is 0 Å². The Hall–Kier alpha value is -0.220. The monoisotopic (exact) mass is 261 g/mol. The first-order chi connectivity index (χ1) is 8.26. The lowest BCUT2D eigenvalue weighted by molar-refractivity contribution is -0.125. The van der Waals surface area contributed by atoms with Gasteiger partial charge in [0.15, 0.2) is 0 Å². The van der Waals surface area contributed by atoms with Gasteiger partial charge in [0.05, 0.1) is 0 Å². The average molecular weight is 261 g/mol. The van der Waals surface area contributed by atoms with Crippen molar-refractivity contribution in [3.63, 3.8) is 0 Å². The second-order valence-electron chi connectivity index (χ2n) is 4.23. The van der Waals surface area contributed by atoms with Crippen LogP contribution in [0.3, 0.4) is 0 Å². The summed E-state index contributed by atoms with van der Waals surface area (Å²) in [6.07, 6.45) is 5.07. The van der Waals surface area contributed by atoms with E-state index in [1.54, 1.807) is 11.8 Å². The molecule has 1 atom stereocenters. The number of rotatable bonds is 11. The summed E-state index contributed by atoms with van der Waals surface area (Å²) >= 11 is 1.78. The van der Waals surface area contributed by atoms with E-state index < -0.39 is 0 Å². The number of unbranched alkanes of at least 4 members (excludes halogenated alkanes) is 1. The van der Waals surface area contributed by atoms with Crippen molar-refractivity contribution in [2.75, 3.05) is 24.7 Å². The molecule has 0 aromatic rings. The predicted molar refractivity (Wildman–Crippen MR) is 75.3 cm³/mol. The molecular weight excluding hydrogens is 234 g/mol. The molecule has 0 rings (SSSR count). The number of aliphatic hydroxyl groups excluding tert-OH is 1. The molecule has 0 saturated carbocycles. The first-order valence-electron chi connectivity index (χ1n) is 6.72. The van der Waals surface area contributed by atoms with Gasteiger partial charge in [-0.05, 0) is 25.0 Å². The number of thioether (sulfide) groups is 1. The van der Waals surface area contributed by atoms with Gasteiger partial charge in [-0.1, -0.05) is 26.7 Å². The summed E-state index contributed by atoms with van der Waals surface area (Å²) in [7, 11) is 0. The van der Waals surface area contributed by atoms with Crippen molar-refractivity contribution in [2.45, 2.75) is 46.0 Å². The highest BCUT2D eigenvalue weighted by Crippen LogP contribution is 2.12. The van der Waals surface area contributed by atoms with Crippen LogP contribution < -0.4 is 5.32 Å². The van der Waals surface area contributed by atoms with Gasteiger partial charge in [0.2, 0.25) is 5.91 Å². The van der Waals surface area contributed by atoms with Crippen molar-refractivity contribution < 1.29 is 9.90 Å². The zero-order chi connectivity index (χ0) is 12.9. The molecule has 3 nitrogen and oxygen atoms in total. The molecule has 0 heterocycles. The van der Waals surface area contributed by atoms with Crippen molar-refractivity contribution in [3.8, 4) is 0 Å². The third-order valence-electron chi connectivity index (χ3n) is 2.76. The SMILES string of the molecule is CCCCC(CC)C(=O)NCCSCCCO. The van der Waals surface area contributed by atoms with Gasteiger partial charge in [-0.2, -0.15) is 11.8 Å². The largest absolute Gasteiger partial charge is 0.396 e. The van der Waals surface area contributed by atoms with Crippen LogP contribution >= 0.6 is 11.8 Å². The molecule has 0 radical (unpaired) electrons. The number of carbonyl (C=O) groups excluding carboxylic acids is 1. The third-order valence-corrected chi connectivity index (χ3v) is 3.83. The molecule has 0 aromatic carbocycles. The number of nitrogens with one attached hydrogen (secondary N) is 1. The maximum Gasteiger partial charge on any atom is 0.223 e. The number of carbonyl (C=O) groups is 1. The van der Waals surface area contributed by atoms with Crippen LogP contribution in [-0.4, -0.2) is 35.7 Å². The maximum atomic E-state index is 11.8. The smallest absolute Gasteiger partial charge is 0.223 e. The molecule has 17 heavy (non-hydrogen) atoms. The number of hydrogen-bond acceptors (Lipinski definition) is 3. The normalized spacial score (nSPS) is 12.4. The summed E-state index contributed by atoms with van der Waals surface area (Å²) in [6, 6.07) is 0. The Bertz CT molecular complexity index is 188. The number of aliphatic hydroxyl groups is 1. The highest BCUT2D eigenvalue weighted by atomic mass is 32.2. The van der Waals surface area contributed by atoms with Gasteiger partial charge in [0.25, 0.3) is 0 Å². The quantitative estimate of drug-likeness (QED) is 0.562. The number of amides is 1. The van der Waals surface area contributed by atoms with Gasteiger partial charge < -0.3 is 10.4 Å². The zero-order valence-electron chi connectivity index (χ0n) is 11.2. The Balaban J connectivity index is 3.54. The van der Waals surface area contributed by atoms with Crippen LogP contribution in [0.1, 0.15) is 46.0 Å². The average Bonchev–Trinajstić information content (AvgIpc) is 2.34. The van der Waals surface area contributed by atoms with Crippen molar-refractivity contribution in [2.24, 2.45) is 5.92 Å². The minimum absolute atomic E-state index is 0.192. The summed E-state index contributed by atoms with van der Waals surface area (Å²) in [5.41, 5.74) is 0. The van der Waals surface area contributed by atoms with Gasteiger partial charge in [-0.15, -0.1) is 0 Å². The minimum atomic E-state index is 0.192. The molecule has 0 bridgehead atoms. The predicted octanol–water partition coefficient (Wildman–Crippen LogP) is 2.43. The second-order valence-corrected chi connectivity index (χ2v) is 5.45. The molecule has 0 fully saturated rings. The van der Waals surface area contributed by atoms with E-state index in [4.69, 9.17) is 5.11 Å². The van der Waals surface area contributed by atoms with Crippen LogP contribution in [0, 0.1) is 5.92 Å². The van der Waals surface area contributed by atoms with Crippen molar-refractivity contribution >= 4 is 17.7 Å². The van der Waals surface area contributed by atoms with E-state index in [9.17, 15) is 4.79 Å². The van der Waals surface area contributed by atoms with Gasteiger partial charge >= 0.3 is 0 Å². The number of hydrogen-bond donors (Lipinski definition) is 2. The molecule has 2 N–H and O–H groups in total. The highest BCUT2D eigenvalue weighted by molar-refractivity contribution is 7.99. The van der Waals surface area contributed by atoms with Crippen molar-refractivity contribution in [1.82, 2.24) is 5.32 Å². The standard InChI is InChI=1S/C13H27NO2S/c1-3-5-7-12(4-2)13(16)14-8-11-17-10-6-9-15/h12,15H,3-11H2,1-2H3,(H,14,16). The summed E-state index contributed by atoms with van der Waals surface area (Å²) in [5, 5.41) is 11.6. The molecule has 0 aliphatic rings. The first-order valence-corrected chi connectivity index (χ1v) is 7.88. The fraction of sp³-hybridized carbons (Fsp3) is 0.923. The van der Waals surface area contributed by atoms with Crippen molar-refractivity contribution in [1.29, 1.82) is 0 Å². The lowest BCUT2D eigenvalue weighted by Crippen LogP contribution is -2.32. The third kappa shape index (κ3) is 9.48. The van der Waals surface area contributed by atoms with Crippen LogP contribution in [0.2, 0.25) is 0 Å². The topological polar surface area (TPSA) is 49.3 Å². The maximum absolute atomic E-state index is 11.8. The van der Waals surface area contributed by atoms with E-state index in [2.05, 4.69) is 19.2 Å². The van der Waals surface area contributed by atoms with E-state index in [1.807, 2.05) is 0 Å². The van der Waals surface area contributed by atoms with E-state index in [0.717, 1.165) is 50.2 Å². The zero-order valence-corrected chi connectivity index (χ0v) is 12.0. The second kappa shape index (κ2) is 12.2. The van der Waals surface area contributed by atoms with Crippen LogP contribution in [-0.2, 0) is 4.79 Å². The molecule has 0 aliphatic heterocycles. The van der Waals surface area contributed by atoms with E-state index in [1.165, 1.54) is 0 Å². The summed E-state index contributed by atoms with van der Waals surface area (Å²) < 4.78 is 0. The minimum Gasteiger partial charge on any atom is -0.396 e. The summed E-state index contributed by atoms with van der Waals surface area (Å²) in [6.45, 7) is 5.24. The fourth-order valence-electron chi connectivity index (χ4n) is 1.63. The molecule has 102 valence electrons. The van der Waals surface area contributed by atoms with Gasteiger partial charge in [-0.3, -0.25) is 4.79 Å². The molecule has 0 saturated heterocycles.